The Morgan fingerprint density at radius 3 is 0.286 bits per heavy atom. The number of hydrogen-bond acceptors (Lipinski definition) is 0. The van der Waals surface area contributed by atoms with Crippen LogP contribution < -0.4 is 0 Å². The molecule has 0 spiro atoms. The van der Waals surface area contributed by atoms with Gasteiger partial charge in [-0.15, -0.1) is 0 Å². The predicted molar refractivity (Wildman–Crippen MR) is 0 cm³/mol. The molecule has 0 aliphatic carbocycles. The number of hydrogen-bond donors (Lipinski definition) is 0. The van der Waals surface area contributed by atoms with Crippen LogP contribution in [-0.4, -0.2) is 0 Å². The van der Waals surface area contributed by atoms with Crippen LogP contribution in [0.4, 0.5) is 0 Å². The first-order chi connectivity index (χ1) is 0. The molecule has 7 heavy (non-hydrogen) atoms. The summed E-state index contributed by atoms with van der Waals surface area (Å²) in [4.78, 5) is 0. The molecule has 0 radical (unpaired) electrons. The molecule has 0 aromatic rings. The van der Waals surface area contributed by atoms with E-state index in [0.29, 0.717) is 0 Å². The summed E-state index contributed by atoms with van der Waals surface area (Å²) >= 11 is 0. The van der Waals surface area contributed by atoms with Gasteiger partial charge in [-0.25, -0.2) is 0 Å². The van der Waals surface area contributed by atoms with Crippen LogP contribution in [0.1, 0.15) is 0 Å². The summed E-state index contributed by atoms with van der Waals surface area (Å²) in [6, 6.07) is 0. The van der Waals surface area contributed by atoms with Crippen LogP contribution in [0.15, 0.2) is 0 Å². The van der Waals surface area contributed by atoms with E-state index in [-0.39, 0.29) is 137 Å². The Labute approximate surface area is 134 Å². The van der Waals surface area contributed by atoms with Crippen molar-refractivity contribution in [2.45, 2.75) is 0 Å². The summed E-state index contributed by atoms with van der Waals surface area (Å²) in [5.74, 6) is 0. The average Bonchev–Trinajstić information content (AvgIpc) is 0. The van der Waals surface area contributed by atoms with Crippen LogP contribution in [0, 0.1) is 0 Å². The fraction of sp³-hybridized carbons (Fsp3) is 0. The topological polar surface area (TPSA) is 0 Å². The third kappa shape index (κ3) is 38.3. The van der Waals surface area contributed by atoms with Crippen LogP contribution in [0.5, 0.6) is 0 Å². The van der Waals surface area contributed by atoms with Gasteiger partial charge in [0, 0.05) is 137 Å². The van der Waals surface area contributed by atoms with Crippen LogP contribution in [-0.2, 0) is 137 Å². The molecule has 0 aliphatic heterocycles. The van der Waals surface area contributed by atoms with Crippen LogP contribution in [0.3, 0.4) is 0 Å². The van der Waals surface area contributed by atoms with Crippen molar-refractivity contribution in [1.29, 1.82) is 0 Å². The molecule has 0 bridgehead atoms. The molecule has 7 heteroatoms. The van der Waals surface area contributed by atoms with Crippen molar-refractivity contribution in [3.63, 3.8) is 0 Å². The van der Waals surface area contributed by atoms with Crippen molar-refractivity contribution in [1.82, 2.24) is 0 Å². The van der Waals surface area contributed by atoms with E-state index < -0.39 is 0 Å². The smallest absolute Gasteiger partial charge is 0 e. The first-order valence-corrected chi connectivity index (χ1v) is 0. The predicted octanol–water partition coefficient (Wildman–Crippen LogP) is -0.0175. The van der Waals surface area contributed by atoms with E-state index in [2.05, 4.69) is 0 Å². The summed E-state index contributed by atoms with van der Waals surface area (Å²) in [5, 5.41) is 0. The standard InChI is InChI=1S/2Cd.5Ni. The van der Waals surface area contributed by atoms with Crippen molar-refractivity contribution in [3.05, 3.63) is 0 Å². The fourth-order valence-corrected chi connectivity index (χ4v) is 0. The van der Waals surface area contributed by atoms with Gasteiger partial charge in [0.15, 0.2) is 0 Å². The van der Waals surface area contributed by atoms with E-state index in [4.69, 9.17) is 0 Å². The second-order valence-electron chi connectivity index (χ2n) is 0. The van der Waals surface area contributed by atoms with E-state index >= 15 is 0 Å². The molecule has 0 heterocycles. The molecule has 0 aliphatic rings. The molecular formula is Cd2Ni5. The summed E-state index contributed by atoms with van der Waals surface area (Å²) in [5.41, 5.74) is 0. The summed E-state index contributed by atoms with van der Waals surface area (Å²) < 4.78 is 0. The molecule has 0 rings (SSSR count). The minimum absolute atomic E-state index is 0. The van der Waals surface area contributed by atoms with Gasteiger partial charge in [0.25, 0.3) is 0 Å². The largest absolute Gasteiger partial charge is 0 e. The van der Waals surface area contributed by atoms with Gasteiger partial charge >= 0.3 is 0 Å². The normalized spacial score (nSPS) is 0. The van der Waals surface area contributed by atoms with Crippen LogP contribution in [0.25, 0.3) is 0 Å². The molecule has 0 saturated carbocycles. The summed E-state index contributed by atoms with van der Waals surface area (Å²) in [7, 11) is 0. The van der Waals surface area contributed by atoms with Crippen LogP contribution >= 0.6 is 0 Å². The van der Waals surface area contributed by atoms with E-state index in [1.165, 1.54) is 0 Å². The molecule has 0 nitrogen and oxygen atoms in total. The van der Waals surface area contributed by atoms with Gasteiger partial charge in [-0.1, -0.05) is 0 Å². The van der Waals surface area contributed by atoms with Crippen molar-refractivity contribution in [2.75, 3.05) is 0 Å². The van der Waals surface area contributed by atoms with Crippen molar-refractivity contribution in [3.8, 4) is 0 Å². The van der Waals surface area contributed by atoms with Crippen molar-refractivity contribution in [2.24, 2.45) is 0 Å². The SMILES string of the molecule is [Cd].[Cd].[Ni].[Ni].[Ni].[Ni].[Ni]. The van der Waals surface area contributed by atoms with Crippen LogP contribution in [0.2, 0.25) is 0 Å². The van der Waals surface area contributed by atoms with Gasteiger partial charge in [0.1, 0.15) is 0 Å². The maximum atomic E-state index is 0. The Morgan fingerprint density at radius 2 is 0.286 bits per heavy atom. The van der Waals surface area contributed by atoms with Crippen molar-refractivity contribution >= 4 is 0 Å². The Balaban J connectivity index is 0. The second kappa shape index (κ2) is 48.1. The first-order valence-electron chi connectivity index (χ1n) is 0. The Hall–Kier alpha value is 4.31. The number of rotatable bonds is 0. The van der Waals surface area contributed by atoms with Gasteiger partial charge in [0.05, 0.1) is 0 Å². The Kier molecular flexibility index (Phi) is 445. The Bertz CT molecular complexity index is 6.04. The second-order valence-corrected chi connectivity index (χ2v) is 0. The monoisotopic (exact) mass is 517 g/mol. The molecular weight excluding hydrogens is 518 g/mol. The molecule has 0 unspecified atom stereocenters. The third-order valence-corrected chi connectivity index (χ3v) is 0. The van der Waals surface area contributed by atoms with E-state index in [1.807, 2.05) is 0 Å². The quantitative estimate of drug-likeness (QED) is 0.396. The van der Waals surface area contributed by atoms with Gasteiger partial charge < -0.3 is 0 Å². The Morgan fingerprint density at radius 1 is 0.286 bits per heavy atom. The van der Waals surface area contributed by atoms with Gasteiger partial charge in [0.2, 0.25) is 0 Å². The first kappa shape index (κ1) is 64.7. The molecule has 0 atom stereocenters. The van der Waals surface area contributed by atoms with Gasteiger partial charge in [-0.2, -0.15) is 0 Å². The minimum Gasteiger partial charge on any atom is 0 e. The maximum Gasteiger partial charge on any atom is 0 e. The molecule has 0 saturated heterocycles. The third-order valence-electron chi connectivity index (χ3n) is 0. The van der Waals surface area contributed by atoms with E-state index in [0.717, 1.165) is 0 Å². The average molecular weight is 518 g/mol. The molecule has 54 valence electrons. The zero-order valence-electron chi connectivity index (χ0n) is 3.00. The zero-order valence-corrected chi connectivity index (χ0v) is 16.0. The molecule has 0 aromatic carbocycles. The van der Waals surface area contributed by atoms with Gasteiger partial charge in [-0.05, 0) is 0 Å². The molecule has 0 aromatic heterocycles. The molecule has 0 N–H and O–H groups in total. The van der Waals surface area contributed by atoms with E-state index in [1.54, 1.807) is 0 Å². The summed E-state index contributed by atoms with van der Waals surface area (Å²) in [6.07, 6.45) is 0. The molecule has 0 fully saturated rings. The maximum absolute atomic E-state index is 0. The summed E-state index contributed by atoms with van der Waals surface area (Å²) in [6.45, 7) is 0. The zero-order chi connectivity index (χ0) is 0. The van der Waals surface area contributed by atoms with E-state index in [9.17, 15) is 0 Å². The van der Waals surface area contributed by atoms with Gasteiger partial charge in [-0.3, -0.25) is 0 Å². The fourth-order valence-electron chi connectivity index (χ4n) is 0. The van der Waals surface area contributed by atoms with Crippen molar-refractivity contribution < 1.29 is 137 Å². The molecule has 0 amide bonds. The minimum atomic E-state index is 0.